The first-order valence-corrected chi connectivity index (χ1v) is 6.82. The minimum Gasteiger partial charge on any atom is -0.350 e. The number of hydrogen-bond donors (Lipinski definition) is 1. The molecule has 0 aliphatic carbocycles. The number of fused-ring (bicyclic) bond motifs is 1. The minimum absolute atomic E-state index is 0.116. The lowest BCUT2D eigenvalue weighted by Crippen LogP contribution is -2.23. The fourth-order valence-corrected chi connectivity index (χ4v) is 2.38. The second-order valence-corrected chi connectivity index (χ2v) is 5.08. The topological polar surface area (TPSA) is 51.1 Å². The molecule has 0 saturated carbocycles. The van der Waals surface area contributed by atoms with Gasteiger partial charge in [0, 0.05) is 24.7 Å². The number of para-hydroxylation sites is 1. The Labute approximate surface area is 130 Å². The highest BCUT2D eigenvalue weighted by molar-refractivity contribution is 6.05. The summed E-state index contributed by atoms with van der Waals surface area (Å²) in [6, 6.07) is 9.66. The number of carbonyl (C=O) groups excluding carboxylic acids is 1. The molecular formula is C17H12F2N2O2. The molecule has 0 bridgehead atoms. The van der Waals surface area contributed by atoms with Crippen LogP contribution in [-0.4, -0.2) is 10.5 Å². The molecule has 6 heteroatoms. The zero-order chi connectivity index (χ0) is 16.6. The number of aromatic nitrogens is 1. The molecule has 0 unspecified atom stereocenters. The summed E-state index contributed by atoms with van der Waals surface area (Å²) in [7, 11) is 1.71. The van der Waals surface area contributed by atoms with Crippen LogP contribution in [0.3, 0.4) is 0 Å². The van der Waals surface area contributed by atoms with E-state index in [2.05, 4.69) is 5.32 Å². The minimum atomic E-state index is -0.907. The maximum absolute atomic E-state index is 13.6. The third kappa shape index (κ3) is 2.70. The van der Waals surface area contributed by atoms with Crippen LogP contribution in [0.5, 0.6) is 0 Å². The lowest BCUT2D eigenvalue weighted by Gasteiger charge is -2.10. The molecule has 3 rings (SSSR count). The van der Waals surface area contributed by atoms with Gasteiger partial charge in [0.25, 0.3) is 5.91 Å². The Balaban J connectivity index is 2.04. The van der Waals surface area contributed by atoms with Gasteiger partial charge in [-0.05, 0) is 24.3 Å². The number of nitrogens with zero attached hydrogens (tertiary/aromatic N) is 1. The molecule has 1 aromatic heterocycles. The van der Waals surface area contributed by atoms with E-state index in [1.807, 2.05) is 0 Å². The monoisotopic (exact) mass is 314 g/mol. The van der Waals surface area contributed by atoms with Gasteiger partial charge in [-0.1, -0.05) is 12.1 Å². The van der Waals surface area contributed by atoms with Gasteiger partial charge in [0.15, 0.2) is 0 Å². The van der Waals surface area contributed by atoms with E-state index in [-0.39, 0.29) is 11.3 Å². The summed E-state index contributed by atoms with van der Waals surface area (Å²) in [6.07, 6.45) is 1.39. The third-order valence-electron chi connectivity index (χ3n) is 3.52. The molecule has 1 heterocycles. The van der Waals surface area contributed by atoms with Gasteiger partial charge in [-0.15, -0.1) is 0 Å². The molecule has 0 aliphatic heterocycles. The van der Waals surface area contributed by atoms with Gasteiger partial charge in [0.05, 0.1) is 11.2 Å². The van der Waals surface area contributed by atoms with E-state index in [0.717, 1.165) is 12.1 Å². The maximum Gasteiger partial charge on any atom is 0.261 e. The Morgan fingerprint density at radius 3 is 2.61 bits per heavy atom. The second kappa shape index (κ2) is 5.64. The van der Waals surface area contributed by atoms with Gasteiger partial charge in [-0.25, -0.2) is 8.78 Å². The lowest BCUT2D eigenvalue weighted by atomic mass is 10.1. The summed E-state index contributed by atoms with van der Waals surface area (Å²) in [6.45, 7) is 0. The van der Waals surface area contributed by atoms with Gasteiger partial charge >= 0.3 is 0 Å². The highest BCUT2D eigenvalue weighted by Gasteiger charge is 2.16. The van der Waals surface area contributed by atoms with Crippen molar-refractivity contribution in [2.75, 3.05) is 5.32 Å². The number of anilines is 1. The number of benzene rings is 2. The smallest absolute Gasteiger partial charge is 0.261 e. The van der Waals surface area contributed by atoms with E-state index in [1.54, 1.807) is 35.9 Å². The summed E-state index contributed by atoms with van der Waals surface area (Å²) in [4.78, 5) is 24.7. The lowest BCUT2D eigenvalue weighted by molar-refractivity contribution is 0.102. The Hall–Kier alpha value is -3.02. The molecule has 0 atom stereocenters. The fraction of sp³-hybridized carbons (Fsp3) is 0.0588. The van der Waals surface area contributed by atoms with Crippen LogP contribution in [0.15, 0.2) is 53.5 Å². The summed E-state index contributed by atoms with van der Waals surface area (Å²) < 4.78 is 28.2. The predicted molar refractivity (Wildman–Crippen MR) is 83.5 cm³/mol. The molecule has 0 spiro atoms. The van der Waals surface area contributed by atoms with Crippen molar-refractivity contribution in [2.45, 2.75) is 0 Å². The van der Waals surface area contributed by atoms with Gasteiger partial charge in [0.2, 0.25) is 5.43 Å². The Morgan fingerprint density at radius 2 is 1.87 bits per heavy atom. The van der Waals surface area contributed by atoms with Gasteiger partial charge in [0.1, 0.15) is 17.2 Å². The Morgan fingerprint density at radius 1 is 1.13 bits per heavy atom. The van der Waals surface area contributed by atoms with E-state index >= 15 is 0 Å². The quantitative estimate of drug-likeness (QED) is 0.790. The van der Waals surface area contributed by atoms with Crippen LogP contribution in [0.25, 0.3) is 10.9 Å². The van der Waals surface area contributed by atoms with Crippen molar-refractivity contribution in [1.29, 1.82) is 0 Å². The summed E-state index contributed by atoms with van der Waals surface area (Å²) in [5.41, 5.74) is -0.0673. The first kappa shape index (κ1) is 14.9. The van der Waals surface area contributed by atoms with Crippen LogP contribution in [0.2, 0.25) is 0 Å². The molecule has 1 N–H and O–H groups in total. The van der Waals surface area contributed by atoms with Crippen molar-refractivity contribution in [3.05, 3.63) is 76.1 Å². The number of rotatable bonds is 2. The van der Waals surface area contributed by atoms with Gasteiger partial charge < -0.3 is 9.88 Å². The third-order valence-corrected chi connectivity index (χ3v) is 3.52. The average Bonchev–Trinajstić information content (AvgIpc) is 2.53. The molecule has 116 valence electrons. The molecule has 23 heavy (non-hydrogen) atoms. The second-order valence-electron chi connectivity index (χ2n) is 5.08. The number of nitrogens with one attached hydrogen (secondary N) is 1. The Kier molecular flexibility index (Phi) is 3.65. The molecule has 0 aliphatic rings. The predicted octanol–water partition coefficient (Wildman–Crippen LogP) is 3.07. The maximum atomic E-state index is 13.6. The number of pyridine rings is 1. The van der Waals surface area contributed by atoms with Gasteiger partial charge in [-0.3, -0.25) is 9.59 Å². The molecule has 4 nitrogen and oxygen atoms in total. The van der Waals surface area contributed by atoms with Crippen molar-refractivity contribution in [3.8, 4) is 0 Å². The van der Waals surface area contributed by atoms with E-state index in [4.69, 9.17) is 0 Å². The zero-order valence-electron chi connectivity index (χ0n) is 12.1. The van der Waals surface area contributed by atoms with Crippen molar-refractivity contribution < 1.29 is 13.6 Å². The molecule has 0 saturated heterocycles. The number of halogens is 2. The van der Waals surface area contributed by atoms with Crippen molar-refractivity contribution >= 4 is 22.5 Å². The standard InChI is InChI=1S/C17H12F2N2O2/c1-21-9-12(16(22)11-4-2-3-5-15(11)21)17(23)20-14-7-6-10(18)8-13(14)19/h2-9H,1H3,(H,20,23). The number of aryl methyl sites for hydroxylation is 1. The molecule has 2 aromatic carbocycles. The molecular weight excluding hydrogens is 302 g/mol. The van der Waals surface area contributed by atoms with Crippen LogP contribution < -0.4 is 10.7 Å². The van der Waals surface area contributed by atoms with Crippen LogP contribution in [0, 0.1) is 11.6 Å². The highest BCUT2D eigenvalue weighted by atomic mass is 19.1. The average molecular weight is 314 g/mol. The van der Waals surface area contributed by atoms with E-state index in [9.17, 15) is 18.4 Å². The number of hydrogen-bond acceptors (Lipinski definition) is 2. The first-order valence-electron chi connectivity index (χ1n) is 6.82. The molecule has 0 radical (unpaired) electrons. The van der Waals surface area contributed by atoms with E-state index < -0.39 is 23.0 Å². The van der Waals surface area contributed by atoms with Crippen LogP contribution in [-0.2, 0) is 7.05 Å². The molecule has 0 fully saturated rings. The summed E-state index contributed by atoms with van der Waals surface area (Å²) >= 11 is 0. The SMILES string of the molecule is Cn1cc(C(=O)Nc2ccc(F)cc2F)c(=O)c2ccccc21. The van der Waals surface area contributed by atoms with Crippen molar-refractivity contribution in [1.82, 2.24) is 4.57 Å². The molecule has 3 aromatic rings. The largest absolute Gasteiger partial charge is 0.350 e. The summed E-state index contributed by atoms with van der Waals surface area (Å²) in [5.74, 6) is -2.40. The molecule has 1 amide bonds. The van der Waals surface area contributed by atoms with Crippen LogP contribution in [0.1, 0.15) is 10.4 Å². The van der Waals surface area contributed by atoms with E-state index in [0.29, 0.717) is 17.0 Å². The van der Waals surface area contributed by atoms with Crippen molar-refractivity contribution in [2.24, 2.45) is 7.05 Å². The number of amides is 1. The van der Waals surface area contributed by atoms with Crippen LogP contribution in [0.4, 0.5) is 14.5 Å². The Bertz CT molecular complexity index is 980. The number of carbonyl (C=O) groups is 1. The van der Waals surface area contributed by atoms with Crippen LogP contribution >= 0.6 is 0 Å². The van der Waals surface area contributed by atoms with Crippen molar-refractivity contribution in [3.63, 3.8) is 0 Å². The normalized spacial score (nSPS) is 10.7. The zero-order valence-corrected chi connectivity index (χ0v) is 12.1. The highest BCUT2D eigenvalue weighted by Crippen LogP contribution is 2.16. The first-order chi connectivity index (χ1) is 11.0. The van der Waals surface area contributed by atoms with Gasteiger partial charge in [-0.2, -0.15) is 0 Å². The van der Waals surface area contributed by atoms with E-state index in [1.165, 1.54) is 6.20 Å². The summed E-state index contributed by atoms with van der Waals surface area (Å²) in [5, 5.41) is 2.68. The fourth-order valence-electron chi connectivity index (χ4n) is 2.38.